The van der Waals surface area contributed by atoms with E-state index in [0.29, 0.717) is 0 Å². The molecule has 0 saturated carbocycles. The Bertz CT molecular complexity index is 639. The summed E-state index contributed by atoms with van der Waals surface area (Å²) in [5, 5.41) is 3.49. The van der Waals surface area contributed by atoms with Crippen LogP contribution >= 0.6 is 0 Å². The molecule has 1 aliphatic heterocycles. The third kappa shape index (κ3) is 4.24. The second kappa shape index (κ2) is 8.13. The maximum absolute atomic E-state index is 5.51. The number of morpholine rings is 1. The van der Waals surface area contributed by atoms with Crippen LogP contribution in [0.3, 0.4) is 0 Å². The van der Waals surface area contributed by atoms with Gasteiger partial charge in [-0.2, -0.15) is 0 Å². The Kier molecular flexibility index (Phi) is 5.67. The van der Waals surface area contributed by atoms with Crippen molar-refractivity contribution in [3.05, 3.63) is 53.7 Å². The highest BCUT2D eigenvalue weighted by atomic mass is 16.5. The van der Waals surface area contributed by atoms with Crippen LogP contribution < -0.4 is 10.1 Å². The van der Waals surface area contributed by atoms with E-state index >= 15 is 0 Å². The maximum atomic E-state index is 5.51. The molecule has 1 saturated heterocycles. The van der Waals surface area contributed by atoms with E-state index in [-0.39, 0.29) is 6.04 Å². The molecule has 1 fully saturated rings. The van der Waals surface area contributed by atoms with Gasteiger partial charge in [0, 0.05) is 25.3 Å². The fourth-order valence-corrected chi connectivity index (χ4v) is 3.02. The first kappa shape index (κ1) is 16.7. The molecule has 1 N–H and O–H groups in total. The molecule has 3 rings (SSSR count). The lowest BCUT2D eigenvalue weighted by molar-refractivity contribution is 0.0187. The molecule has 1 aliphatic rings. The fourth-order valence-electron chi connectivity index (χ4n) is 3.02. The van der Waals surface area contributed by atoms with Gasteiger partial charge in [0.25, 0.3) is 0 Å². The largest absolute Gasteiger partial charge is 0.497 e. The zero-order valence-electron chi connectivity index (χ0n) is 14.4. The minimum absolute atomic E-state index is 0.280. The van der Waals surface area contributed by atoms with E-state index in [0.717, 1.165) is 50.1 Å². The van der Waals surface area contributed by atoms with Gasteiger partial charge < -0.3 is 14.8 Å². The fraction of sp³-hybridized carbons (Fsp3) is 0.421. The minimum atomic E-state index is 0.280. The molecule has 0 amide bonds. The van der Waals surface area contributed by atoms with Crippen molar-refractivity contribution in [1.29, 1.82) is 0 Å². The van der Waals surface area contributed by atoms with E-state index in [1.54, 1.807) is 7.11 Å². The summed E-state index contributed by atoms with van der Waals surface area (Å²) < 4.78 is 10.8. The Hall–Kier alpha value is -2.11. The maximum Gasteiger partial charge on any atom is 0.126 e. The molecular formula is C19H25N3O2. The van der Waals surface area contributed by atoms with Crippen LogP contribution in [0.15, 0.2) is 42.5 Å². The first-order valence-corrected chi connectivity index (χ1v) is 8.39. The topological polar surface area (TPSA) is 46.6 Å². The first-order chi connectivity index (χ1) is 11.8. The van der Waals surface area contributed by atoms with Gasteiger partial charge in [0.05, 0.1) is 26.4 Å². The molecule has 128 valence electrons. The van der Waals surface area contributed by atoms with Crippen LogP contribution in [0.2, 0.25) is 0 Å². The molecule has 5 heteroatoms. The van der Waals surface area contributed by atoms with Crippen molar-refractivity contribution in [3.8, 4) is 5.75 Å². The summed E-state index contributed by atoms with van der Waals surface area (Å²) in [5.41, 5.74) is 2.30. The van der Waals surface area contributed by atoms with Crippen LogP contribution in [-0.4, -0.2) is 49.8 Å². The first-order valence-electron chi connectivity index (χ1n) is 8.39. The van der Waals surface area contributed by atoms with Gasteiger partial charge in [-0.3, -0.25) is 4.90 Å². The Morgan fingerprint density at radius 2 is 1.92 bits per heavy atom. The van der Waals surface area contributed by atoms with E-state index in [2.05, 4.69) is 27.3 Å². The molecule has 0 radical (unpaired) electrons. The van der Waals surface area contributed by atoms with Gasteiger partial charge in [0.1, 0.15) is 11.6 Å². The molecule has 1 atom stereocenters. The van der Waals surface area contributed by atoms with Gasteiger partial charge in [-0.1, -0.05) is 18.2 Å². The van der Waals surface area contributed by atoms with Crippen molar-refractivity contribution < 1.29 is 9.47 Å². The Morgan fingerprint density at radius 3 is 2.58 bits per heavy atom. The SMILES string of the molecule is COc1ccc(C(CNc2cccc(C)n2)N2CCOCC2)cc1. The highest BCUT2D eigenvalue weighted by molar-refractivity contribution is 5.37. The van der Waals surface area contributed by atoms with Gasteiger partial charge >= 0.3 is 0 Å². The number of nitrogens with one attached hydrogen (secondary N) is 1. The number of anilines is 1. The molecule has 1 aromatic heterocycles. The molecule has 2 heterocycles. The number of nitrogens with zero attached hydrogens (tertiary/aromatic N) is 2. The number of pyridine rings is 1. The number of hydrogen-bond acceptors (Lipinski definition) is 5. The second-order valence-corrected chi connectivity index (χ2v) is 5.98. The van der Waals surface area contributed by atoms with Gasteiger partial charge in [0.15, 0.2) is 0 Å². The molecule has 0 bridgehead atoms. The van der Waals surface area contributed by atoms with Gasteiger partial charge in [-0.25, -0.2) is 4.98 Å². The van der Waals surface area contributed by atoms with E-state index in [1.807, 2.05) is 37.3 Å². The second-order valence-electron chi connectivity index (χ2n) is 5.98. The van der Waals surface area contributed by atoms with E-state index in [4.69, 9.17) is 9.47 Å². The number of rotatable bonds is 6. The van der Waals surface area contributed by atoms with Gasteiger partial charge in [-0.05, 0) is 36.8 Å². The van der Waals surface area contributed by atoms with Crippen LogP contribution in [0.25, 0.3) is 0 Å². The summed E-state index contributed by atoms with van der Waals surface area (Å²) in [4.78, 5) is 7.00. The quantitative estimate of drug-likeness (QED) is 0.884. The lowest BCUT2D eigenvalue weighted by Gasteiger charge is -2.35. The van der Waals surface area contributed by atoms with Crippen molar-refractivity contribution in [3.63, 3.8) is 0 Å². The Labute approximate surface area is 143 Å². The summed E-state index contributed by atoms with van der Waals surface area (Å²) in [6.07, 6.45) is 0. The van der Waals surface area contributed by atoms with Crippen LogP contribution in [0.4, 0.5) is 5.82 Å². The van der Waals surface area contributed by atoms with E-state index in [9.17, 15) is 0 Å². The number of ether oxygens (including phenoxy) is 2. The molecular weight excluding hydrogens is 302 g/mol. The number of methoxy groups -OCH3 is 1. The summed E-state index contributed by atoms with van der Waals surface area (Å²) in [7, 11) is 1.69. The average molecular weight is 327 g/mol. The highest BCUT2D eigenvalue weighted by Crippen LogP contribution is 2.24. The molecule has 1 unspecified atom stereocenters. The van der Waals surface area contributed by atoms with Crippen LogP contribution in [-0.2, 0) is 4.74 Å². The smallest absolute Gasteiger partial charge is 0.126 e. The van der Waals surface area contributed by atoms with E-state index in [1.165, 1.54) is 5.56 Å². The zero-order chi connectivity index (χ0) is 16.8. The van der Waals surface area contributed by atoms with Gasteiger partial charge in [0.2, 0.25) is 0 Å². The third-order valence-electron chi connectivity index (χ3n) is 4.35. The average Bonchev–Trinajstić information content (AvgIpc) is 2.63. The van der Waals surface area contributed by atoms with Gasteiger partial charge in [-0.15, -0.1) is 0 Å². The predicted octanol–water partition coefficient (Wildman–Crippen LogP) is 2.88. The minimum Gasteiger partial charge on any atom is -0.497 e. The number of hydrogen-bond donors (Lipinski definition) is 1. The number of aryl methyl sites for hydroxylation is 1. The number of aromatic nitrogens is 1. The zero-order valence-corrected chi connectivity index (χ0v) is 14.4. The molecule has 0 spiro atoms. The van der Waals surface area contributed by atoms with Crippen molar-refractivity contribution in [2.75, 3.05) is 45.3 Å². The van der Waals surface area contributed by atoms with Crippen molar-refractivity contribution in [1.82, 2.24) is 9.88 Å². The standard InChI is InChI=1S/C19H25N3O2/c1-15-4-3-5-19(21-15)20-14-18(22-10-12-24-13-11-22)16-6-8-17(23-2)9-7-16/h3-9,18H,10-14H2,1-2H3,(H,20,21). The van der Waals surface area contributed by atoms with Crippen molar-refractivity contribution in [2.45, 2.75) is 13.0 Å². The molecule has 24 heavy (non-hydrogen) atoms. The monoisotopic (exact) mass is 327 g/mol. The predicted molar refractivity (Wildman–Crippen MR) is 95.6 cm³/mol. The third-order valence-corrected chi connectivity index (χ3v) is 4.35. The molecule has 5 nitrogen and oxygen atoms in total. The Balaban J connectivity index is 1.75. The van der Waals surface area contributed by atoms with Crippen molar-refractivity contribution in [2.24, 2.45) is 0 Å². The summed E-state index contributed by atoms with van der Waals surface area (Å²) in [6.45, 7) is 6.28. The Morgan fingerprint density at radius 1 is 1.17 bits per heavy atom. The number of benzene rings is 1. The van der Waals surface area contributed by atoms with Crippen LogP contribution in [0, 0.1) is 6.92 Å². The van der Waals surface area contributed by atoms with E-state index < -0.39 is 0 Å². The van der Waals surface area contributed by atoms with Crippen LogP contribution in [0.5, 0.6) is 5.75 Å². The summed E-state index contributed by atoms with van der Waals surface area (Å²) in [5.74, 6) is 1.80. The van der Waals surface area contributed by atoms with Crippen molar-refractivity contribution >= 4 is 5.82 Å². The lowest BCUT2D eigenvalue weighted by atomic mass is 10.0. The molecule has 2 aromatic rings. The summed E-state index contributed by atoms with van der Waals surface area (Å²) >= 11 is 0. The molecule has 1 aromatic carbocycles. The summed E-state index contributed by atoms with van der Waals surface area (Å²) in [6, 6.07) is 14.7. The lowest BCUT2D eigenvalue weighted by Crippen LogP contribution is -2.41. The highest BCUT2D eigenvalue weighted by Gasteiger charge is 2.22. The normalized spacial score (nSPS) is 16.6. The molecule has 0 aliphatic carbocycles. The van der Waals surface area contributed by atoms with Crippen LogP contribution in [0.1, 0.15) is 17.3 Å².